The highest BCUT2D eigenvalue weighted by molar-refractivity contribution is 6.31. The number of aliphatic carboxylic acids is 1. The number of carbonyl (C=O) groups excluding carboxylic acids is 1. The molecule has 0 aliphatic heterocycles. The van der Waals surface area contributed by atoms with Gasteiger partial charge in [-0.15, -0.1) is 0 Å². The average Bonchev–Trinajstić information content (AvgIpc) is 3.01. The maximum absolute atomic E-state index is 12.5. The number of para-hydroxylation sites is 1. The smallest absolute Gasteiger partial charge is 0.323 e. The van der Waals surface area contributed by atoms with Crippen molar-refractivity contribution in [2.45, 2.75) is 32.7 Å². The van der Waals surface area contributed by atoms with Crippen LogP contribution in [0.15, 0.2) is 71.5 Å². The van der Waals surface area contributed by atoms with E-state index in [4.69, 9.17) is 11.6 Å². The van der Waals surface area contributed by atoms with Crippen LogP contribution in [0.3, 0.4) is 0 Å². The maximum atomic E-state index is 12.5. The molecule has 1 aromatic carbocycles. The van der Waals surface area contributed by atoms with Crippen LogP contribution in [0.5, 0.6) is 0 Å². The Balaban J connectivity index is 1.44. The lowest BCUT2D eigenvalue weighted by molar-refractivity contribution is -0.137. The molecule has 4 rings (SSSR count). The Morgan fingerprint density at radius 3 is 2.65 bits per heavy atom. The van der Waals surface area contributed by atoms with Crippen LogP contribution in [0.4, 0.5) is 0 Å². The molecule has 1 aromatic heterocycles. The van der Waals surface area contributed by atoms with Gasteiger partial charge in [-0.3, -0.25) is 9.59 Å². The second-order valence-corrected chi connectivity index (χ2v) is 8.50. The summed E-state index contributed by atoms with van der Waals surface area (Å²) in [6.07, 6.45) is 13.9. The van der Waals surface area contributed by atoms with Crippen LogP contribution in [-0.4, -0.2) is 21.6 Å². The SMILES string of the molecule is Cc1c(CC2C=CC(NC(=O)C3C=CC(Cl)=CC3)=CC2)c2ccccc2n1CC(=O)O. The Morgan fingerprint density at radius 2 is 1.97 bits per heavy atom. The van der Waals surface area contributed by atoms with Gasteiger partial charge in [-0.25, -0.2) is 0 Å². The van der Waals surface area contributed by atoms with Gasteiger partial charge in [-0.2, -0.15) is 0 Å². The summed E-state index contributed by atoms with van der Waals surface area (Å²) in [5.41, 5.74) is 3.95. The molecule has 5 nitrogen and oxygen atoms in total. The standard InChI is InChI=1S/C25H25ClN2O3/c1-16-22(21-4-2-3-5-23(21)28(16)15-24(29)30)14-17-6-12-20(13-7-17)27-25(31)18-8-10-19(26)11-9-18/h2-6,8,10-13,17-18H,7,9,14-15H2,1H3,(H,27,31)(H,29,30). The number of hydrogen-bond donors (Lipinski definition) is 2. The van der Waals surface area contributed by atoms with Crippen LogP contribution in [0.1, 0.15) is 24.1 Å². The largest absolute Gasteiger partial charge is 0.480 e. The summed E-state index contributed by atoms with van der Waals surface area (Å²) >= 11 is 5.92. The summed E-state index contributed by atoms with van der Waals surface area (Å²) in [5, 5.41) is 14.1. The van der Waals surface area contributed by atoms with E-state index in [0.717, 1.165) is 35.1 Å². The lowest BCUT2D eigenvalue weighted by Gasteiger charge is -2.19. The second kappa shape index (κ2) is 8.98. The number of hydrogen-bond acceptors (Lipinski definition) is 2. The van der Waals surface area contributed by atoms with Gasteiger partial charge >= 0.3 is 5.97 Å². The molecule has 0 spiro atoms. The van der Waals surface area contributed by atoms with E-state index in [0.29, 0.717) is 17.4 Å². The molecule has 0 fully saturated rings. The molecule has 160 valence electrons. The normalized spacial score (nSPS) is 20.5. The van der Waals surface area contributed by atoms with Gasteiger partial charge in [0.05, 0.1) is 5.92 Å². The minimum atomic E-state index is -0.846. The molecular formula is C25H25ClN2O3. The molecule has 2 atom stereocenters. The van der Waals surface area contributed by atoms with Gasteiger partial charge in [0, 0.05) is 27.3 Å². The number of carbonyl (C=O) groups is 2. The molecular weight excluding hydrogens is 412 g/mol. The van der Waals surface area contributed by atoms with E-state index in [2.05, 4.69) is 23.5 Å². The fourth-order valence-electron chi connectivity index (χ4n) is 4.29. The van der Waals surface area contributed by atoms with E-state index in [1.165, 1.54) is 5.56 Å². The van der Waals surface area contributed by atoms with Gasteiger partial charge in [-0.05, 0) is 55.9 Å². The summed E-state index contributed by atoms with van der Waals surface area (Å²) < 4.78 is 1.87. The van der Waals surface area contributed by atoms with Crippen LogP contribution < -0.4 is 5.32 Å². The van der Waals surface area contributed by atoms with Gasteiger partial charge < -0.3 is 15.0 Å². The number of carboxylic acid groups (broad SMARTS) is 1. The van der Waals surface area contributed by atoms with E-state index < -0.39 is 5.97 Å². The molecule has 0 saturated heterocycles. The van der Waals surface area contributed by atoms with Gasteiger partial charge in [0.25, 0.3) is 0 Å². The van der Waals surface area contributed by atoms with E-state index in [1.807, 2.05) is 47.9 Å². The van der Waals surface area contributed by atoms with Gasteiger partial charge in [0.15, 0.2) is 0 Å². The number of halogens is 1. The third-order valence-electron chi connectivity index (χ3n) is 5.97. The number of benzene rings is 1. The molecule has 2 aliphatic rings. The summed E-state index contributed by atoms with van der Waals surface area (Å²) in [5.74, 6) is -0.780. The highest BCUT2D eigenvalue weighted by Gasteiger charge is 2.21. The van der Waals surface area contributed by atoms with Crippen molar-refractivity contribution in [2.75, 3.05) is 0 Å². The lowest BCUT2D eigenvalue weighted by Crippen LogP contribution is -2.29. The number of nitrogens with one attached hydrogen (secondary N) is 1. The molecule has 2 unspecified atom stereocenters. The predicted octanol–water partition coefficient (Wildman–Crippen LogP) is 4.85. The molecule has 1 heterocycles. The molecule has 0 saturated carbocycles. The first-order valence-electron chi connectivity index (χ1n) is 10.4. The number of aromatic nitrogens is 1. The summed E-state index contributed by atoms with van der Waals surface area (Å²) in [6.45, 7) is 1.95. The highest BCUT2D eigenvalue weighted by atomic mass is 35.5. The Hall–Kier alpha value is -3.05. The molecule has 2 aliphatic carbocycles. The Morgan fingerprint density at radius 1 is 1.16 bits per heavy atom. The van der Waals surface area contributed by atoms with Crippen molar-refractivity contribution in [3.63, 3.8) is 0 Å². The van der Waals surface area contributed by atoms with Crippen molar-refractivity contribution in [2.24, 2.45) is 11.8 Å². The first-order valence-corrected chi connectivity index (χ1v) is 10.8. The zero-order valence-electron chi connectivity index (χ0n) is 17.3. The van der Waals surface area contributed by atoms with Crippen molar-refractivity contribution < 1.29 is 14.7 Å². The van der Waals surface area contributed by atoms with Crippen LogP contribution in [-0.2, 0) is 22.6 Å². The van der Waals surface area contributed by atoms with Crippen LogP contribution >= 0.6 is 11.6 Å². The quantitative estimate of drug-likeness (QED) is 0.679. The summed E-state index contributed by atoms with van der Waals surface area (Å²) in [7, 11) is 0. The molecule has 31 heavy (non-hydrogen) atoms. The summed E-state index contributed by atoms with van der Waals surface area (Å²) in [6, 6.07) is 7.96. The van der Waals surface area contributed by atoms with Crippen molar-refractivity contribution in [1.29, 1.82) is 0 Å². The number of nitrogens with zero attached hydrogens (tertiary/aromatic N) is 1. The fourth-order valence-corrected chi connectivity index (χ4v) is 4.46. The van der Waals surface area contributed by atoms with Gasteiger partial charge in [0.2, 0.25) is 5.91 Å². The number of fused-ring (bicyclic) bond motifs is 1. The second-order valence-electron chi connectivity index (χ2n) is 8.06. The minimum Gasteiger partial charge on any atom is -0.480 e. The molecule has 2 N–H and O–H groups in total. The first kappa shape index (κ1) is 21.2. The predicted molar refractivity (Wildman–Crippen MR) is 123 cm³/mol. The van der Waals surface area contributed by atoms with E-state index >= 15 is 0 Å². The molecule has 2 aromatic rings. The maximum Gasteiger partial charge on any atom is 0.323 e. The fraction of sp³-hybridized carbons (Fsp3) is 0.280. The monoisotopic (exact) mass is 436 g/mol. The zero-order valence-corrected chi connectivity index (χ0v) is 18.1. The average molecular weight is 437 g/mol. The number of allylic oxidation sites excluding steroid dienone is 6. The first-order chi connectivity index (χ1) is 14.9. The van der Waals surface area contributed by atoms with Crippen LogP contribution in [0.2, 0.25) is 0 Å². The topological polar surface area (TPSA) is 71.3 Å². The molecule has 0 bridgehead atoms. The van der Waals surface area contributed by atoms with Gasteiger partial charge in [0.1, 0.15) is 6.54 Å². The molecule has 1 amide bonds. The number of amides is 1. The highest BCUT2D eigenvalue weighted by Crippen LogP contribution is 2.30. The molecule has 0 radical (unpaired) electrons. The Labute approximate surface area is 186 Å². The van der Waals surface area contributed by atoms with E-state index in [9.17, 15) is 14.7 Å². The third kappa shape index (κ3) is 4.67. The van der Waals surface area contributed by atoms with Crippen molar-refractivity contribution in [1.82, 2.24) is 9.88 Å². The van der Waals surface area contributed by atoms with Crippen molar-refractivity contribution in [3.8, 4) is 0 Å². The van der Waals surface area contributed by atoms with Crippen LogP contribution in [0, 0.1) is 18.8 Å². The number of carboxylic acids is 1. The minimum absolute atomic E-state index is 0.0291. The Kier molecular flexibility index (Phi) is 6.14. The van der Waals surface area contributed by atoms with Crippen molar-refractivity contribution in [3.05, 3.63) is 82.7 Å². The van der Waals surface area contributed by atoms with E-state index in [1.54, 1.807) is 6.08 Å². The third-order valence-corrected chi connectivity index (χ3v) is 6.25. The Bertz CT molecular complexity index is 1150. The molecule has 6 heteroatoms. The summed E-state index contributed by atoms with van der Waals surface area (Å²) in [4.78, 5) is 23.8. The van der Waals surface area contributed by atoms with Gasteiger partial charge in [-0.1, -0.05) is 54.1 Å². The lowest BCUT2D eigenvalue weighted by atomic mass is 9.91. The zero-order chi connectivity index (χ0) is 22.0. The number of rotatable bonds is 6. The van der Waals surface area contributed by atoms with E-state index in [-0.39, 0.29) is 18.4 Å². The van der Waals surface area contributed by atoms with Crippen LogP contribution in [0.25, 0.3) is 10.9 Å². The van der Waals surface area contributed by atoms with Crippen molar-refractivity contribution >= 4 is 34.4 Å².